The lowest BCUT2D eigenvalue weighted by Crippen LogP contribution is -2.33. The second kappa shape index (κ2) is 1.74. The lowest BCUT2D eigenvalue weighted by molar-refractivity contribution is -0.0107. The van der Waals surface area contributed by atoms with Crippen LogP contribution >= 0.6 is 0 Å². The predicted octanol–water partition coefficient (Wildman–Crippen LogP) is 1.06. The fraction of sp³-hybridized carbons (Fsp3) is 0.714. The van der Waals surface area contributed by atoms with Gasteiger partial charge in [-0.25, -0.2) is 0 Å². The molecule has 0 spiro atoms. The van der Waals surface area contributed by atoms with Crippen LogP contribution in [0.25, 0.3) is 0 Å². The van der Waals surface area contributed by atoms with Crippen LogP contribution in [-0.2, 0) is 4.74 Å². The van der Waals surface area contributed by atoms with Crippen molar-refractivity contribution in [2.24, 2.45) is 0 Å². The highest BCUT2D eigenvalue weighted by molar-refractivity contribution is 5.13. The monoisotopic (exact) mass is 128 g/mol. The lowest BCUT2D eigenvalue weighted by atomic mass is 9.99. The summed E-state index contributed by atoms with van der Waals surface area (Å²) in [5.74, 6) is 0. The van der Waals surface area contributed by atoms with E-state index in [2.05, 4.69) is 0 Å². The van der Waals surface area contributed by atoms with Crippen molar-refractivity contribution >= 4 is 0 Å². The Morgan fingerprint density at radius 1 is 1.67 bits per heavy atom. The summed E-state index contributed by atoms with van der Waals surface area (Å²) in [5.41, 5.74) is 0.490. The molecule has 1 aliphatic heterocycles. The predicted molar refractivity (Wildman–Crippen MR) is 34.9 cm³/mol. The first-order chi connectivity index (χ1) is 4.04. The van der Waals surface area contributed by atoms with Gasteiger partial charge in [0.25, 0.3) is 0 Å². The molecule has 9 heavy (non-hydrogen) atoms. The lowest BCUT2D eigenvalue weighted by Gasteiger charge is -2.22. The van der Waals surface area contributed by atoms with Gasteiger partial charge in [0.15, 0.2) is 0 Å². The van der Waals surface area contributed by atoms with Crippen molar-refractivity contribution in [3.63, 3.8) is 0 Å². The van der Waals surface area contributed by atoms with E-state index < -0.39 is 11.7 Å². The minimum Gasteiger partial charge on any atom is -0.492 e. The van der Waals surface area contributed by atoms with Gasteiger partial charge in [-0.3, -0.25) is 0 Å². The molecule has 2 heteroatoms. The zero-order valence-electron chi connectivity index (χ0n) is 6.01. The largest absolute Gasteiger partial charge is 0.492 e. The normalized spacial score (nSPS) is 31.6. The molecule has 1 atom stereocenters. The van der Waals surface area contributed by atoms with Crippen LogP contribution in [0.1, 0.15) is 20.8 Å². The number of ether oxygens (including phenoxy) is 1. The highest BCUT2D eigenvalue weighted by Crippen LogP contribution is 2.27. The van der Waals surface area contributed by atoms with E-state index in [1.165, 1.54) is 0 Å². The number of rotatable bonds is 0. The zero-order valence-corrected chi connectivity index (χ0v) is 6.01. The Morgan fingerprint density at radius 2 is 2.22 bits per heavy atom. The van der Waals surface area contributed by atoms with Gasteiger partial charge in [-0.15, -0.1) is 0 Å². The van der Waals surface area contributed by atoms with Gasteiger partial charge >= 0.3 is 0 Å². The number of aliphatic hydroxyl groups is 1. The quantitative estimate of drug-likeness (QED) is 0.528. The average molecular weight is 128 g/mol. The Bertz CT molecular complexity index is 147. The molecule has 0 amide bonds. The average Bonchev–Trinajstić information content (AvgIpc) is 1.97. The first-order valence-corrected chi connectivity index (χ1v) is 3.06. The smallest absolute Gasteiger partial charge is 0.132 e. The second-order valence-electron chi connectivity index (χ2n) is 2.99. The molecule has 1 N–H and O–H groups in total. The summed E-state index contributed by atoms with van der Waals surface area (Å²) in [4.78, 5) is 0. The highest BCUT2D eigenvalue weighted by Gasteiger charge is 2.34. The van der Waals surface area contributed by atoms with Gasteiger partial charge in [0.1, 0.15) is 11.7 Å². The summed E-state index contributed by atoms with van der Waals surface area (Å²) < 4.78 is 5.15. The Balaban J connectivity index is 2.73. The molecule has 0 saturated heterocycles. The summed E-state index contributed by atoms with van der Waals surface area (Å²) in [7, 11) is 0. The molecular weight excluding hydrogens is 116 g/mol. The van der Waals surface area contributed by atoms with E-state index in [1.807, 2.05) is 20.8 Å². The zero-order chi connectivity index (χ0) is 7.07. The third-order valence-electron chi connectivity index (χ3n) is 1.64. The highest BCUT2D eigenvalue weighted by atomic mass is 16.5. The summed E-state index contributed by atoms with van der Waals surface area (Å²) >= 11 is 0. The molecular formula is C7H12O2. The molecule has 0 fully saturated rings. The number of hydrogen-bond acceptors (Lipinski definition) is 2. The summed E-state index contributed by atoms with van der Waals surface area (Å²) in [6.45, 7) is 5.59. The topological polar surface area (TPSA) is 29.5 Å². The van der Waals surface area contributed by atoms with Gasteiger partial charge in [-0.05, 0) is 26.3 Å². The molecule has 0 saturated carbocycles. The number of hydrogen-bond donors (Lipinski definition) is 1. The minimum absolute atomic E-state index is 0.413. The van der Waals surface area contributed by atoms with E-state index >= 15 is 0 Å². The molecule has 1 unspecified atom stereocenters. The Hall–Kier alpha value is -0.500. The molecule has 0 aromatic carbocycles. The molecule has 1 rings (SSSR count). The number of aliphatic hydroxyl groups excluding tert-OH is 1. The first-order valence-electron chi connectivity index (χ1n) is 3.06. The van der Waals surface area contributed by atoms with Crippen LogP contribution in [0.2, 0.25) is 0 Å². The molecule has 1 heterocycles. The Morgan fingerprint density at radius 3 is 2.33 bits per heavy atom. The van der Waals surface area contributed by atoms with Crippen molar-refractivity contribution in [2.45, 2.75) is 32.5 Å². The van der Waals surface area contributed by atoms with Crippen molar-refractivity contribution < 1.29 is 9.84 Å². The van der Waals surface area contributed by atoms with E-state index in [9.17, 15) is 5.11 Å². The van der Waals surface area contributed by atoms with E-state index in [0.29, 0.717) is 0 Å². The van der Waals surface area contributed by atoms with Crippen LogP contribution in [0.5, 0.6) is 0 Å². The van der Waals surface area contributed by atoms with E-state index in [-0.39, 0.29) is 0 Å². The third kappa shape index (κ3) is 0.944. The van der Waals surface area contributed by atoms with E-state index in [0.717, 1.165) is 5.57 Å². The molecule has 1 aliphatic rings. The van der Waals surface area contributed by atoms with Crippen molar-refractivity contribution in [3.8, 4) is 0 Å². The van der Waals surface area contributed by atoms with Gasteiger partial charge in [-0.1, -0.05) is 0 Å². The van der Waals surface area contributed by atoms with Crippen LogP contribution < -0.4 is 0 Å². The van der Waals surface area contributed by atoms with Gasteiger partial charge in [0, 0.05) is 0 Å². The third-order valence-corrected chi connectivity index (χ3v) is 1.64. The van der Waals surface area contributed by atoms with Crippen LogP contribution in [0.3, 0.4) is 0 Å². The SMILES string of the molecule is CC1=COC(C)(C)C1O. The fourth-order valence-corrected chi connectivity index (χ4v) is 0.922. The molecule has 0 aliphatic carbocycles. The maximum absolute atomic E-state index is 9.33. The Kier molecular flexibility index (Phi) is 1.28. The summed E-state index contributed by atoms with van der Waals surface area (Å²) in [5, 5.41) is 9.33. The minimum atomic E-state index is -0.433. The van der Waals surface area contributed by atoms with Crippen molar-refractivity contribution in [1.29, 1.82) is 0 Å². The molecule has 0 aromatic heterocycles. The van der Waals surface area contributed by atoms with Gasteiger partial charge < -0.3 is 9.84 Å². The van der Waals surface area contributed by atoms with Crippen LogP contribution in [-0.4, -0.2) is 16.8 Å². The molecule has 0 radical (unpaired) electrons. The molecule has 0 bridgehead atoms. The van der Waals surface area contributed by atoms with Gasteiger partial charge in [0.05, 0.1) is 6.26 Å². The van der Waals surface area contributed by atoms with Gasteiger partial charge in [0.2, 0.25) is 0 Å². The van der Waals surface area contributed by atoms with Gasteiger partial charge in [-0.2, -0.15) is 0 Å². The first kappa shape index (κ1) is 6.62. The molecule has 2 nitrogen and oxygen atoms in total. The standard InChI is InChI=1S/C7H12O2/c1-5-4-9-7(2,3)6(5)8/h4,6,8H,1-3H3. The second-order valence-corrected chi connectivity index (χ2v) is 2.99. The van der Waals surface area contributed by atoms with E-state index in [4.69, 9.17) is 4.74 Å². The maximum atomic E-state index is 9.33. The maximum Gasteiger partial charge on any atom is 0.132 e. The van der Waals surface area contributed by atoms with Crippen LogP contribution in [0, 0.1) is 0 Å². The molecule has 52 valence electrons. The van der Waals surface area contributed by atoms with E-state index in [1.54, 1.807) is 6.26 Å². The van der Waals surface area contributed by atoms with Crippen LogP contribution in [0.15, 0.2) is 11.8 Å². The van der Waals surface area contributed by atoms with Crippen molar-refractivity contribution in [3.05, 3.63) is 11.8 Å². The Labute approximate surface area is 55.1 Å². The summed E-state index contributed by atoms with van der Waals surface area (Å²) in [6, 6.07) is 0. The summed E-state index contributed by atoms with van der Waals surface area (Å²) in [6.07, 6.45) is 1.18. The van der Waals surface area contributed by atoms with Crippen LogP contribution in [0.4, 0.5) is 0 Å². The van der Waals surface area contributed by atoms with Crippen molar-refractivity contribution in [1.82, 2.24) is 0 Å². The molecule has 0 aromatic rings. The fourth-order valence-electron chi connectivity index (χ4n) is 0.922. The van der Waals surface area contributed by atoms with Crippen molar-refractivity contribution in [2.75, 3.05) is 0 Å².